The third-order valence-electron chi connectivity index (χ3n) is 6.63. The zero-order valence-corrected chi connectivity index (χ0v) is 24.0. The van der Waals surface area contributed by atoms with Crippen molar-refractivity contribution in [1.29, 1.82) is 0 Å². The van der Waals surface area contributed by atoms with E-state index in [1.807, 2.05) is 48.5 Å². The van der Waals surface area contributed by atoms with E-state index in [4.69, 9.17) is 14.2 Å². The molecule has 1 aliphatic carbocycles. The number of nitrogens with zero attached hydrogens (tertiary/aromatic N) is 3. The summed E-state index contributed by atoms with van der Waals surface area (Å²) in [5.74, 6) is -1.68. The van der Waals surface area contributed by atoms with Crippen LogP contribution in [0.5, 0.6) is 0 Å². The van der Waals surface area contributed by atoms with Gasteiger partial charge >= 0.3 is 18.0 Å². The largest absolute Gasteiger partial charge is 0.467 e. The minimum atomic E-state index is -1.18. The Morgan fingerprint density at radius 3 is 2.17 bits per heavy atom. The fourth-order valence-electron chi connectivity index (χ4n) is 4.99. The predicted molar refractivity (Wildman–Crippen MR) is 150 cm³/mol. The normalized spacial score (nSPS) is 13.1. The van der Waals surface area contributed by atoms with Crippen molar-refractivity contribution < 1.29 is 33.4 Å². The molecule has 3 aromatic rings. The molecule has 1 aliphatic rings. The SMILES string of the molecule is COC(=O)C(Cc1cn(CC(=O)OC(C)(C)C)cn1)N(CC(C)=O)C(=O)OCC1c2ccccc2-c2ccccc21. The van der Waals surface area contributed by atoms with E-state index in [1.165, 1.54) is 24.9 Å². The quantitative estimate of drug-likeness (QED) is 0.268. The molecule has 4 rings (SSSR count). The van der Waals surface area contributed by atoms with Crippen LogP contribution in [0.2, 0.25) is 0 Å². The van der Waals surface area contributed by atoms with Crippen LogP contribution in [0.15, 0.2) is 61.1 Å². The van der Waals surface area contributed by atoms with Gasteiger partial charge < -0.3 is 18.8 Å². The maximum absolute atomic E-state index is 13.5. The molecule has 0 bridgehead atoms. The van der Waals surface area contributed by atoms with Gasteiger partial charge in [-0.1, -0.05) is 48.5 Å². The lowest BCUT2D eigenvalue weighted by molar-refractivity contribution is -0.155. The van der Waals surface area contributed by atoms with E-state index in [9.17, 15) is 19.2 Å². The fraction of sp³-hybridized carbons (Fsp3) is 0.387. The van der Waals surface area contributed by atoms with Crippen molar-refractivity contribution in [2.75, 3.05) is 20.3 Å². The molecular formula is C31H35N3O7. The first-order valence-electron chi connectivity index (χ1n) is 13.4. The van der Waals surface area contributed by atoms with Gasteiger partial charge in [0.25, 0.3) is 0 Å². The zero-order chi connectivity index (χ0) is 29.7. The van der Waals surface area contributed by atoms with Gasteiger partial charge in [0, 0.05) is 18.5 Å². The molecule has 216 valence electrons. The second kappa shape index (κ2) is 12.4. The van der Waals surface area contributed by atoms with Crippen LogP contribution in [0, 0.1) is 0 Å². The van der Waals surface area contributed by atoms with Gasteiger partial charge in [-0.3, -0.25) is 14.5 Å². The number of fused-ring (bicyclic) bond motifs is 3. The molecule has 0 fully saturated rings. The highest BCUT2D eigenvalue weighted by atomic mass is 16.6. The molecule has 1 aromatic heterocycles. The molecule has 1 heterocycles. The summed E-state index contributed by atoms with van der Waals surface area (Å²) in [5, 5.41) is 0. The molecule has 0 radical (unpaired) electrons. The van der Waals surface area contributed by atoms with Gasteiger partial charge in [0.15, 0.2) is 0 Å². The van der Waals surface area contributed by atoms with E-state index >= 15 is 0 Å². The summed E-state index contributed by atoms with van der Waals surface area (Å²) in [6.07, 6.45) is 2.16. The van der Waals surface area contributed by atoms with E-state index in [0.717, 1.165) is 27.2 Å². The maximum atomic E-state index is 13.5. The van der Waals surface area contributed by atoms with Crippen molar-refractivity contribution in [2.24, 2.45) is 0 Å². The number of ether oxygens (including phenoxy) is 3. The summed E-state index contributed by atoms with van der Waals surface area (Å²) < 4.78 is 17.6. The molecule has 0 aliphatic heterocycles. The molecule has 0 spiro atoms. The van der Waals surface area contributed by atoms with Crippen LogP contribution in [0.4, 0.5) is 4.79 Å². The Bertz CT molecular complexity index is 1390. The van der Waals surface area contributed by atoms with Crippen molar-refractivity contribution in [3.8, 4) is 11.1 Å². The number of carbonyl (C=O) groups excluding carboxylic acids is 4. The van der Waals surface area contributed by atoms with Gasteiger partial charge in [-0.25, -0.2) is 14.6 Å². The number of ketones is 1. The van der Waals surface area contributed by atoms with Gasteiger partial charge in [0.05, 0.1) is 25.7 Å². The summed E-state index contributed by atoms with van der Waals surface area (Å²) in [4.78, 5) is 56.1. The number of carbonyl (C=O) groups is 4. The summed E-state index contributed by atoms with van der Waals surface area (Å²) >= 11 is 0. The first kappa shape index (κ1) is 29.5. The number of Topliss-reactive ketones (excluding diaryl/α,β-unsaturated/α-hetero) is 1. The molecule has 10 heteroatoms. The van der Waals surface area contributed by atoms with Crippen LogP contribution >= 0.6 is 0 Å². The van der Waals surface area contributed by atoms with Crippen molar-refractivity contribution in [3.05, 3.63) is 77.9 Å². The number of aromatic nitrogens is 2. The zero-order valence-electron chi connectivity index (χ0n) is 24.0. The van der Waals surface area contributed by atoms with Crippen LogP contribution in [0.1, 0.15) is 50.4 Å². The lowest BCUT2D eigenvalue weighted by Crippen LogP contribution is -2.49. The summed E-state index contributed by atoms with van der Waals surface area (Å²) in [6.45, 7) is 6.26. The number of rotatable bonds is 10. The van der Waals surface area contributed by atoms with Crippen LogP contribution < -0.4 is 0 Å². The monoisotopic (exact) mass is 561 g/mol. The van der Waals surface area contributed by atoms with Gasteiger partial charge in [-0.05, 0) is 49.9 Å². The molecule has 0 saturated heterocycles. The predicted octanol–water partition coefficient (Wildman–Crippen LogP) is 4.15. The summed E-state index contributed by atoms with van der Waals surface area (Å²) in [5.41, 5.74) is 4.04. The molecule has 2 aromatic carbocycles. The minimum Gasteiger partial charge on any atom is -0.467 e. The Hall–Kier alpha value is -4.47. The van der Waals surface area contributed by atoms with Crippen LogP contribution in [0.25, 0.3) is 11.1 Å². The Labute approximate surface area is 239 Å². The van der Waals surface area contributed by atoms with Gasteiger partial charge in [0.1, 0.15) is 30.6 Å². The second-order valence-electron chi connectivity index (χ2n) is 11.0. The number of amides is 1. The smallest absolute Gasteiger partial charge is 0.410 e. The van der Waals surface area contributed by atoms with Gasteiger partial charge in [0.2, 0.25) is 0 Å². The first-order chi connectivity index (χ1) is 19.5. The molecule has 10 nitrogen and oxygen atoms in total. The van der Waals surface area contributed by atoms with E-state index in [2.05, 4.69) is 4.98 Å². The third kappa shape index (κ3) is 7.19. The minimum absolute atomic E-state index is 0.0275. The maximum Gasteiger partial charge on any atom is 0.410 e. The highest BCUT2D eigenvalue weighted by molar-refractivity contribution is 5.87. The van der Waals surface area contributed by atoms with E-state index < -0.39 is 29.7 Å². The van der Waals surface area contributed by atoms with E-state index in [0.29, 0.717) is 5.69 Å². The van der Waals surface area contributed by atoms with Gasteiger partial charge in [-0.2, -0.15) is 0 Å². The van der Waals surface area contributed by atoms with Gasteiger partial charge in [-0.15, -0.1) is 0 Å². The number of imidazole rings is 1. The van der Waals surface area contributed by atoms with Crippen LogP contribution in [-0.2, 0) is 41.6 Å². The third-order valence-corrected chi connectivity index (χ3v) is 6.63. The van der Waals surface area contributed by atoms with Crippen molar-refractivity contribution in [1.82, 2.24) is 14.5 Å². The molecule has 1 atom stereocenters. The fourth-order valence-corrected chi connectivity index (χ4v) is 4.99. The van der Waals surface area contributed by atoms with Crippen LogP contribution in [-0.4, -0.2) is 70.2 Å². The first-order valence-corrected chi connectivity index (χ1v) is 13.4. The molecule has 1 unspecified atom stereocenters. The topological polar surface area (TPSA) is 117 Å². The average Bonchev–Trinajstić information content (AvgIpc) is 3.49. The number of esters is 2. The lowest BCUT2D eigenvalue weighted by atomic mass is 9.98. The summed E-state index contributed by atoms with van der Waals surface area (Å²) in [7, 11) is 1.21. The Balaban J connectivity index is 1.51. The Morgan fingerprint density at radius 2 is 1.61 bits per heavy atom. The van der Waals surface area contributed by atoms with Crippen molar-refractivity contribution >= 4 is 23.8 Å². The number of benzene rings is 2. The average molecular weight is 562 g/mol. The standard InChI is InChI=1S/C31H35N3O7/c1-20(35)15-34(27(29(37)39-5)14-21-16-33(19-32-21)17-28(36)41-31(2,3)4)30(38)40-18-26-24-12-8-6-10-22(24)23-11-7-9-13-25(23)26/h6-13,16,19,26-27H,14-15,17-18H2,1-5H3. The molecule has 0 N–H and O–H groups in total. The highest BCUT2D eigenvalue weighted by Gasteiger charge is 2.35. The number of hydrogen-bond donors (Lipinski definition) is 0. The molecule has 1 amide bonds. The second-order valence-corrected chi connectivity index (χ2v) is 11.0. The van der Waals surface area contributed by atoms with Crippen molar-refractivity contribution in [2.45, 2.75) is 58.2 Å². The molecular weight excluding hydrogens is 526 g/mol. The lowest BCUT2D eigenvalue weighted by Gasteiger charge is -2.28. The van der Waals surface area contributed by atoms with E-state index in [1.54, 1.807) is 27.0 Å². The number of hydrogen-bond acceptors (Lipinski definition) is 8. The highest BCUT2D eigenvalue weighted by Crippen LogP contribution is 2.44. The molecule has 41 heavy (non-hydrogen) atoms. The Morgan fingerprint density at radius 1 is 1.00 bits per heavy atom. The van der Waals surface area contributed by atoms with Crippen LogP contribution in [0.3, 0.4) is 0 Å². The summed E-state index contributed by atoms with van der Waals surface area (Å²) in [6, 6.07) is 14.7. The Kier molecular flexibility index (Phi) is 8.90. The van der Waals surface area contributed by atoms with E-state index in [-0.39, 0.29) is 37.8 Å². The van der Waals surface area contributed by atoms with Crippen molar-refractivity contribution in [3.63, 3.8) is 0 Å². The number of methoxy groups -OCH3 is 1. The molecule has 0 saturated carbocycles.